The number of carbonyl (C=O) groups excluding carboxylic acids is 2. The fourth-order valence-electron chi connectivity index (χ4n) is 2.55. The van der Waals surface area contributed by atoms with E-state index in [9.17, 15) is 9.59 Å². The Balaban J connectivity index is 2.11. The summed E-state index contributed by atoms with van der Waals surface area (Å²) >= 11 is 0. The molecule has 0 heterocycles. The first-order chi connectivity index (χ1) is 9.58. The zero-order chi connectivity index (χ0) is 14.3. The summed E-state index contributed by atoms with van der Waals surface area (Å²) in [6, 6.07) is 13.0. The number of benzene rings is 2. The predicted molar refractivity (Wildman–Crippen MR) is 79.0 cm³/mol. The first-order valence-corrected chi connectivity index (χ1v) is 6.55. The van der Waals surface area contributed by atoms with E-state index < -0.39 is 0 Å². The number of carbonyl (C=O) groups is 2. The fourth-order valence-corrected chi connectivity index (χ4v) is 2.55. The number of fused-ring (bicyclic) bond motifs is 1. The van der Waals surface area contributed by atoms with Crippen molar-refractivity contribution in [1.29, 1.82) is 0 Å². The highest BCUT2D eigenvalue weighted by molar-refractivity contribution is 6.41. The van der Waals surface area contributed by atoms with Crippen LogP contribution in [-0.4, -0.2) is 11.6 Å². The summed E-state index contributed by atoms with van der Waals surface area (Å²) in [4.78, 5) is 24.6. The van der Waals surface area contributed by atoms with Gasteiger partial charge in [0.15, 0.2) is 11.6 Å². The summed E-state index contributed by atoms with van der Waals surface area (Å²) in [5, 5.41) is 0. The van der Waals surface area contributed by atoms with Crippen molar-refractivity contribution in [2.75, 3.05) is 0 Å². The topological polar surface area (TPSA) is 34.1 Å². The minimum atomic E-state index is -0.175. The van der Waals surface area contributed by atoms with Crippen molar-refractivity contribution in [2.45, 2.75) is 13.8 Å². The molecule has 1 aliphatic carbocycles. The number of hydrogen-bond acceptors (Lipinski definition) is 2. The van der Waals surface area contributed by atoms with Crippen molar-refractivity contribution in [3.05, 3.63) is 75.9 Å². The standard InChI is InChI=1S/C18H14O2/c1-11-7-8-13(12(2)9-11)10-16-17(19)14-5-3-4-6-15(14)18(16)20/h3-10H,1-2H3. The second-order valence-electron chi connectivity index (χ2n) is 5.12. The lowest BCUT2D eigenvalue weighted by molar-refractivity contribution is 0.0990. The second kappa shape index (κ2) is 4.57. The lowest BCUT2D eigenvalue weighted by Crippen LogP contribution is -2.00. The average Bonchev–Trinajstić information content (AvgIpc) is 2.67. The van der Waals surface area contributed by atoms with E-state index in [0.717, 1.165) is 16.7 Å². The van der Waals surface area contributed by atoms with Crippen molar-refractivity contribution < 1.29 is 9.59 Å². The van der Waals surface area contributed by atoms with Gasteiger partial charge in [0.2, 0.25) is 0 Å². The molecule has 0 bridgehead atoms. The normalized spacial score (nSPS) is 13.6. The van der Waals surface area contributed by atoms with Gasteiger partial charge in [-0.3, -0.25) is 9.59 Å². The van der Waals surface area contributed by atoms with Crippen LogP contribution < -0.4 is 0 Å². The Morgan fingerprint density at radius 3 is 2.00 bits per heavy atom. The van der Waals surface area contributed by atoms with Crippen LogP contribution in [0, 0.1) is 13.8 Å². The largest absolute Gasteiger partial charge is 0.288 e. The minimum Gasteiger partial charge on any atom is -0.288 e. The van der Waals surface area contributed by atoms with Crippen molar-refractivity contribution in [2.24, 2.45) is 0 Å². The van der Waals surface area contributed by atoms with Gasteiger partial charge in [0.05, 0.1) is 5.57 Å². The van der Waals surface area contributed by atoms with Gasteiger partial charge in [0, 0.05) is 11.1 Å². The maximum absolute atomic E-state index is 12.3. The molecule has 0 saturated heterocycles. The summed E-state index contributed by atoms with van der Waals surface area (Å²) in [6.45, 7) is 4.00. The maximum atomic E-state index is 12.3. The molecule has 2 heteroatoms. The first-order valence-electron chi connectivity index (χ1n) is 6.55. The zero-order valence-electron chi connectivity index (χ0n) is 11.4. The van der Waals surface area contributed by atoms with E-state index >= 15 is 0 Å². The average molecular weight is 262 g/mol. The molecule has 0 spiro atoms. The van der Waals surface area contributed by atoms with Crippen LogP contribution in [0.3, 0.4) is 0 Å². The highest BCUT2D eigenvalue weighted by Gasteiger charge is 2.32. The highest BCUT2D eigenvalue weighted by atomic mass is 16.2. The SMILES string of the molecule is Cc1ccc(C=C2C(=O)c3ccccc3C2=O)c(C)c1. The third-order valence-corrected chi connectivity index (χ3v) is 3.63. The van der Waals surface area contributed by atoms with Crippen LogP contribution in [-0.2, 0) is 0 Å². The van der Waals surface area contributed by atoms with Gasteiger partial charge < -0.3 is 0 Å². The predicted octanol–water partition coefficient (Wildman–Crippen LogP) is 3.77. The molecule has 0 unspecified atom stereocenters. The third kappa shape index (κ3) is 1.90. The molecule has 0 saturated carbocycles. The van der Waals surface area contributed by atoms with Gasteiger partial charge in [-0.25, -0.2) is 0 Å². The summed E-state index contributed by atoms with van der Waals surface area (Å²) in [5.41, 5.74) is 4.42. The lowest BCUT2D eigenvalue weighted by atomic mass is 10.0. The Bertz CT molecular complexity index is 730. The molecular weight excluding hydrogens is 248 g/mol. The lowest BCUT2D eigenvalue weighted by Gasteiger charge is -2.02. The molecule has 1 aliphatic rings. The van der Waals surface area contributed by atoms with Crippen LogP contribution in [0.1, 0.15) is 37.4 Å². The summed E-state index contributed by atoms with van der Waals surface area (Å²) in [5.74, 6) is -0.351. The van der Waals surface area contributed by atoms with E-state index in [2.05, 4.69) is 0 Å². The number of allylic oxidation sites excluding steroid dienone is 1. The van der Waals surface area contributed by atoms with E-state index in [1.165, 1.54) is 0 Å². The van der Waals surface area contributed by atoms with E-state index in [1.807, 2.05) is 32.0 Å². The number of hydrogen-bond donors (Lipinski definition) is 0. The van der Waals surface area contributed by atoms with Gasteiger partial charge in [0.25, 0.3) is 0 Å². The second-order valence-corrected chi connectivity index (χ2v) is 5.12. The van der Waals surface area contributed by atoms with Gasteiger partial charge in [-0.15, -0.1) is 0 Å². The maximum Gasteiger partial charge on any atom is 0.197 e. The van der Waals surface area contributed by atoms with Gasteiger partial charge in [0.1, 0.15) is 0 Å². The molecule has 0 fully saturated rings. The van der Waals surface area contributed by atoms with E-state index in [-0.39, 0.29) is 17.1 Å². The molecule has 0 atom stereocenters. The Morgan fingerprint density at radius 1 is 0.850 bits per heavy atom. The van der Waals surface area contributed by atoms with Crippen LogP contribution in [0.4, 0.5) is 0 Å². The van der Waals surface area contributed by atoms with Crippen molar-refractivity contribution in [1.82, 2.24) is 0 Å². The summed E-state index contributed by atoms with van der Waals surface area (Å²) in [7, 11) is 0. The van der Waals surface area contributed by atoms with Crippen molar-refractivity contribution >= 4 is 17.6 Å². The molecule has 98 valence electrons. The van der Waals surface area contributed by atoms with Gasteiger partial charge in [-0.2, -0.15) is 0 Å². The number of Topliss-reactive ketones (excluding diaryl/α,β-unsaturated/α-hetero) is 2. The number of aryl methyl sites for hydroxylation is 2. The Hall–Kier alpha value is -2.48. The Labute approximate surface area is 117 Å². The van der Waals surface area contributed by atoms with Gasteiger partial charge in [-0.05, 0) is 31.1 Å². The summed E-state index contributed by atoms with van der Waals surface area (Å²) in [6.07, 6.45) is 1.71. The molecule has 2 nitrogen and oxygen atoms in total. The molecule has 0 N–H and O–H groups in total. The van der Waals surface area contributed by atoms with Gasteiger partial charge >= 0.3 is 0 Å². The fraction of sp³-hybridized carbons (Fsp3) is 0.111. The van der Waals surface area contributed by atoms with Crippen LogP contribution in [0.15, 0.2) is 48.0 Å². The van der Waals surface area contributed by atoms with Crippen LogP contribution in [0.2, 0.25) is 0 Å². The molecule has 0 radical (unpaired) electrons. The molecule has 2 aromatic rings. The Kier molecular flexibility index (Phi) is 2.87. The molecule has 3 rings (SSSR count). The minimum absolute atomic E-state index is 0.175. The summed E-state index contributed by atoms with van der Waals surface area (Å²) < 4.78 is 0. The molecule has 0 amide bonds. The van der Waals surface area contributed by atoms with Gasteiger partial charge in [-0.1, -0.05) is 48.0 Å². The molecule has 20 heavy (non-hydrogen) atoms. The Morgan fingerprint density at radius 2 is 1.45 bits per heavy atom. The van der Waals surface area contributed by atoms with E-state index in [4.69, 9.17) is 0 Å². The van der Waals surface area contributed by atoms with E-state index in [0.29, 0.717) is 11.1 Å². The molecule has 0 aromatic heterocycles. The van der Waals surface area contributed by atoms with E-state index in [1.54, 1.807) is 30.3 Å². The third-order valence-electron chi connectivity index (χ3n) is 3.63. The number of rotatable bonds is 1. The quantitative estimate of drug-likeness (QED) is 0.579. The highest BCUT2D eigenvalue weighted by Crippen LogP contribution is 2.28. The van der Waals surface area contributed by atoms with Crippen molar-refractivity contribution in [3.8, 4) is 0 Å². The van der Waals surface area contributed by atoms with Crippen LogP contribution >= 0.6 is 0 Å². The molecule has 0 aliphatic heterocycles. The van der Waals surface area contributed by atoms with Crippen molar-refractivity contribution in [3.63, 3.8) is 0 Å². The smallest absolute Gasteiger partial charge is 0.197 e. The monoisotopic (exact) mass is 262 g/mol. The first kappa shape index (κ1) is 12.5. The molecular formula is C18H14O2. The zero-order valence-corrected chi connectivity index (χ0v) is 11.4. The van der Waals surface area contributed by atoms with Crippen LogP contribution in [0.5, 0.6) is 0 Å². The molecule has 2 aromatic carbocycles. The van der Waals surface area contributed by atoms with Crippen LogP contribution in [0.25, 0.3) is 6.08 Å². The number of ketones is 2.